The van der Waals surface area contributed by atoms with Crippen molar-refractivity contribution in [1.29, 1.82) is 0 Å². The van der Waals surface area contributed by atoms with Crippen LogP contribution in [0.4, 0.5) is 26.3 Å². The normalized spacial score (nSPS) is 32.5. The van der Waals surface area contributed by atoms with Crippen molar-refractivity contribution >= 4 is 29.4 Å². The Morgan fingerprint density at radius 2 is 1.55 bits per heavy atom. The van der Waals surface area contributed by atoms with Gasteiger partial charge in [0.05, 0.1) is 0 Å². The summed E-state index contributed by atoms with van der Waals surface area (Å²) < 4.78 is 84.8. The van der Waals surface area contributed by atoms with E-state index >= 15 is 0 Å². The van der Waals surface area contributed by atoms with Gasteiger partial charge in [0.25, 0.3) is 11.5 Å². The van der Waals surface area contributed by atoms with Gasteiger partial charge in [-0.15, -0.1) is 0 Å². The third-order valence-corrected chi connectivity index (χ3v) is 5.28. The summed E-state index contributed by atoms with van der Waals surface area (Å²) in [6.45, 7) is 1.89. The Morgan fingerprint density at radius 3 is 2.03 bits per heavy atom. The van der Waals surface area contributed by atoms with Gasteiger partial charge in [-0.1, -0.05) is 6.92 Å². The molecule has 0 spiro atoms. The lowest BCUT2D eigenvalue weighted by molar-refractivity contribution is -0.237. The number of ketones is 2. The van der Waals surface area contributed by atoms with Gasteiger partial charge in [0.15, 0.2) is 5.78 Å². The summed E-state index contributed by atoms with van der Waals surface area (Å²) in [4.78, 5) is 61.1. The molecule has 170 valence electrons. The van der Waals surface area contributed by atoms with Crippen LogP contribution in [-0.4, -0.2) is 69.2 Å². The third kappa shape index (κ3) is 2.96. The molecule has 31 heavy (non-hydrogen) atoms. The first-order chi connectivity index (χ1) is 14.0. The standard InChI is InChI=1S/C16H12F6N2O7/c1-3-14(31-12(29)16(20,21)22)9(26)8-7-6(25)4-5-23(24(8)10(14)27)13(7,2)30-11(28)15(17,18)19/h4-5,7-8H,3H2,1-2H3. The number of halogens is 6. The maximum absolute atomic E-state index is 13.0. The van der Waals surface area contributed by atoms with Crippen LogP contribution in [-0.2, 0) is 33.4 Å². The number of ether oxygens (including phenoxy) is 2. The van der Waals surface area contributed by atoms with Crippen molar-refractivity contribution in [2.45, 2.75) is 50.0 Å². The van der Waals surface area contributed by atoms with E-state index < -0.39 is 71.5 Å². The number of amides is 1. The minimum absolute atomic E-state index is 0.380. The summed E-state index contributed by atoms with van der Waals surface area (Å²) in [5, 5.41) is 0.914. The van der Waals surface area contributed by atoms with Gasteiger partial charge in [0.1, 0.15) is 12.0 Å². The summed E-state index contributed by atoms with van der Waals surface area (Å²) in [6, 6.07) is -1.97. The number of carbonyl (C=O) groups excluding carboxylic acids is 5. The average Bonchev–Trinajstić information content (AvgIpc) is 2.90. The van der Waals surface area contributed by atoms with E-state index in [0.29, 0.717) is 10.0 Å². The van der Waals surface area contributed by atoms with E-state index in [-0.39, 0.29) is 0 Å². The van der Waals surface area contributed by atoms with Crippen molar-refractivity contribution in [1.82, 2.24) is 10.0 Å². The van der Waals surface area contributed by atoms with Crippen LogP contribution in [0.15, 0.2) is 12.3 Å². The first-order valence-electron chi connectivity index (χ1n) is 8.52. The van der Waals surface area contributed by atoms with Crippen molar-refractivity contribution in [3.63, 3.8) is 0 Å². The summed E-state index contributed by atoms with van der Waals surface area (Å²) in [5.74, 6) is -11.5. The summed E-state index contributed by atoms with van der Waals surface area (Å²) in [7, 11) is 0. The van der Waals surface area contributed by atoms with E-state index in [1.165, 1.54) is 0 Å². The van der Waals surface area contributed by atoms with Crippen molar-refractivity contribution in [3.8, 4) is 0 Å². The molecule has 0 aliphatic carbocycles. The van der Waals surface area contributed by atoms with E-state index in [4.69, 9.17) is 0 Å². The Hall–Kier alpha value is -3.13. The van der Waals surface area contributed by atoms with Crippen LogP contribution in [0.2, 0.25) is 0 Å². The van der Waals surface area contributed by atoms with Gasteiger partial charge < -0.3 is 9.47 Å². The number of fused-ring (bicyclic) bond motifs is 5. The van der Waals surface area contributed by atoms with Gasteiger partial charge in [-0.2, -0.15) is 26.3 Å². The molecule has 3 rings (SSSR count). The predicted molar refractivity (Wildman–Crippen MR) is 80.8 cm³/mol. The number of hydrogen-bond acceptors (Lipinski definition) is 8. The minimum atomic E-state index is -5.56. The quantitative estimate of drug-likeness (QED) is 0.347. The molecule has 3 heterocycles. The number of allylic oxidation sites excluding steroid dienone is 1. The zero-order valence-electron chi connectivity index (χ0n) is 15.5. The lowest BCUT2D eigenvalue weighted by Gasteiger charge is -2.41. The molecule has 1 amide bonds. The Kier molecular flexibility index (Phi) is 4.68. The van der Waals surface area contributed by atoms with E-state index in [1.54, 1.807) is 0 Å². The molecule has 2 fully saturated rings. The maximum Gasteiger partial charge on any atom is 0.491 e. The molecular formula is C16H12F6N2O7. The van der Waals surface area contributed by atoms with Gasteiger partial charge in [-0.25, -0.2) is 19.6 Å². The number of esters is 2. The van der Waals surface area contributed by atoms with Crippen LogP contribution < -0.4 is 0 Å². The van der Waals surface area contributed by atoms with Gasteiger partial charge in [0, 0.05) is 12.6 Å². The fourth-order valence-electron chi connectivity index (χ4n) is 3.89. The van der Waals surface area contributed by atoms with Crippen LogP contribution in [0.25, 0.3) is 0 Å². The van der Waals surface area contributed by atoms with Crippen LogP contribution >= 0.6 is 0 Å². The SMILES string of the molecule is CCC1(OC(=O)C(F)(F)F)C(=O)C2C3C(=O)C=CN(N2C1=O)C3(C)OC(=O)C(F)(F)F. The molecule has 4 atom stereocenters. The molecule has 0 radical (unpaired) electrons. The highest BCUT2D eigenvalue weighted by molar-refractivity contribution is 6.21. The second-order valence-electron chi connectivity index (χ2n) is 7.01. The number of rotatable bonds is 3. The van der Waals surface area contributed by atoms with Gasteiger partial charge in [0.2, 0.25) is 11.5 Å². The summed E-state index contributed by atoms with van der Waals surface area (Å²) in [5.41, 5.74) is -5.46. The second-order valence-corrected chi connectivity index (χ2v) is 7.01. The fraction of sp³-hybridized carbons (Fsp3) is 0.562. The Labute approximate surface area is 168 Å². The highest BCUT2D eigenvalue weighted by Gasteiger charge is 2.76. The number of carbonyl (C=O) groups is 5. The van der Waals surface area contributed by atoms with E-state index in [9.17, 15) is 50.3 Å². The van der Waals surface area contributed by atoms with Crippen LogP contribution in [0, 0.1) is 5.92 Å². The van der Waals surface area contributed by atoms with Crippen molar-refractivity contribution in [2.75, 3.05) is 0 Å². The summed E-state index contributed by atoms with van der Waals surface area (Å²) in [6.07, 6.45) is -10.3. The molecule has 3 aliphatic heterocycles. The molecule has 0 saturated carbocycles. The number of Topliss-reactive ketones (excluding diaryl/α,β-unsaturated/α-hetero) is 1. The molecular weight excluding hydrogens is 446 g/mol. The lowest BCUT2D eigenvalue weighted by Crippen LogP contribution is -2.60. The van der Waals surface area contributed by atoms with Crippen molar-refractivity contribution in [2.24, 2.45) is 5.92 Å². The Bertz CT molecular complexity index is 928. The van der Waals surface area contributed by atoms with E-state index in [0.717, 1.165) is 26.1 Å². The lowest BCUT2D eigenvalue weighted by atomic mass is 9.81. The van der Waals surface area contributed by atoms with Crippen LogP contribution in [0.1, 0.15) is 20.3 Å². The topological polar surface area (TPSA) is 110 Å². The molecule has 15 heteroatoms. The maximum atomic E-state index is 13.0. The fourth-order valence-corrected chi connectivity index (χ4v) is 3.89. The monoisotopic (exact) mass is 458 g/mol. The first kappa shape index (κ1) is 22.6. The van der Waals surface area contributed by atoms with Gasteiger partial charge in [-0.3, -0.25) is 14.4 Å². The number of nitrogens with zero attached hydrogens (tertiary/aromatic N) is 2. The highest BCUT2D eigenvalue weighted by Crippen LogP contribution is 2.51. The molecule has 2 bridgehead atoms. The molecule has 9 nitrogen and oxygen atoms in total. The number of hydrogen-bond donors (Lipinski definition) is 0. The largest absolute Gasteiger partial charge is 0.491 e. The number of alkyl halides is 6. The van der Waals surface area contributed by atoms with Crippen LogP contribution in [0.5, 0.6) is 0 Å². The molecule has 0 aromatic heterocycles. The van der Waals surface area contributed by atoms with E-state index in [2.05, 4.69) is 9.47 Å². The number of hydrazine groups is 1. The zero-order valence-corrected chi connectivity index (χ0v) is 15.5. The molecule has 2 saturated heterocycles. The van der Waals surface area contributed by atoms with Gasteiger partial charge >= 0.3 is 24.3 Å². The van der Waals surface area contributed by atoms with Crippen LogP contribution in [0.3, 0.4) is 0 Å². The first-order valence-corrected chi connectivity index (χ1v) is 8.52. The predicted octanol–water partition coefficient (Wildman–Crippen LogP) is 0.785. The molecule has 0 aromatic rings. The Morgan fingerprint density at radius 1 is 1.03 bits per heavy atom. The molecule has 0 N–H and O–H groups in total. The average molecular weight is 458 g/mol. The van der Waals surface area contributed by atoms with Crippen molar-refractivity contribution < 1.29 is 59.8 Å². The third-order valence-electron chi connectivity index (χ3n) is 5.28. The zero-order chi connectivity index (χ0) is 23.7. The Balaban J connectivity index is 2.06. The second kappa shape index (κ2) is 6.43. The van der Waals surface area contributed by atoms with Crippen molar-refractivity contribution in [3.05, 3.63) is 12.3 Å². The van der Waals surface area contributed by atoms with Gasteiger partial charge in [-0.05, 0) is 13.0 Å². The van der Waals surface area contributed by atoms with E-state index in [1.807, 2.05) is 0 Å². The minimum Gasteiger partial charge on any atom is -0.434 e. The molecule has 3 aliphatic rings. The smallest absolute Gasteiger partial charge is 0.434 e. The summed E-state index contributed by atoms with van der Waals surface area (Å²) >= 11 is 0. The highest BCUT2D eigenvalue weighted by atomic mass is 19.4. The molecule has 4 unspecified atom stereocenters. The molecule has 0 aromatic carbocycles.